The number of hydrogen-bond donors (Lipinski definition) is 2. The SMILES string of the molecule is CN(C)C(=S)NN=Cc1cc2c(cc1O)CC[C@@H]1[C@@H]2CC[C@]2(C)CCC[C@@H]12. The van der Waals surface area contributed by atoms with Crippen LogP contribution in [0.1, 0.15) is 68.1 Å². The number of aryl methyl sites for hydroxylation is 1. The maximum absolute atomic E-state index is 10.5. The van der Waals surface area contributed by atoms with Crippen molar-refractivity contribution in [3.05, 3.63) is 28.8 Å². The first-order valence-corrected chi connectivity index (χ1v) is 10.7. The lowest BCUT2D eigenvalue weighted by molar-refractivity contribution is 0.0598. The highest BCUT2D eigenvalue weighted by atomic mass is 32.1. The van der Waals surface area contributed by atoms with Crippen molar-refractivity contribution < 1.29 is 5.11 Å². The van der Waals surface area contributed by atoms with Crippen molar-refractivity contribution in [2.45, 2.75) is 57.8 Å². The normalized spacial score (nSPS) is 31.9. The van der Waals surface area contributed by atoms with Gasteiger partial charge in [-0.15, -0.1) is 0 Å². The van der Waals surface area contributed by atoms with E-state index in [1.54, 1.807) is 11.1 Å². The number of hydrogen-bond acceptors (Lipinski definition) is 3. The number of thiocarbonyl (C=S) groups is 1. The molecule has 0 saturated heterocycles. The Labute approximate surface area is 168 Å². The third kappa shape index (κ3) is 3.35. The Hall–Kier alpha value is -1.62. The summed E-state index contributed by atoms with van der Waals surface area (Å²) in [7, 11) is 3.75. The van der Waals surface area contributed by atoms with Gasteiger partial charge in [0.15, 0.2) is 5.11 Å². The number of hydrazone groups is 1. The Morgan fingerprint density at radius 3 is 2.89 bits per heavy atom. The van der Waals surface area contributed by atoms with E-state index in [9.17, 15) is 5.11 Å². The molecule has 4 rings (SSSR count). The van der Waals surface area contributed by atoms with Crippen LogP contribution in [-0.2, 0) is 6.42 Å². The summed E-state index contributed by atoms with van der Waals surface area (Å²) in [4.78, 5) is 1.80. The Morgan fingerprint density at radius 2 is 2.11 bits per heavy atom. The fourth-order valence-electron chi connectivity index (χ4n) is 5.98. The van der Waals surface area contributed by atoms with Crippen LogP contribution in [0.3, 0.4) is 0 Å². The second-order valence-corrected chi connectivity index (χ2v) is 9.57. The molecule has 1 aromatic carbocycles. The highest BCUT2D eigenvalue weighted by Crippen LogP contribution is 2.60. The molecule has 0 spiro atoms. The lowest BCUT2D eigenvalue weighted by Gasteiger charge is -2.49. The number of benzene rings is 1. The molecule has 0 bridgehead atoms. The number of phenols is 1. The van der Waals surface area contributed by atoms with Crippen molar-refractivity contribution in [3.63, 3.8) is 0 Å². The highest BCUT2D eigenvalue weighted by Gasteiger charge is 2.50. The summed E-state index contributed by atoms with van der Waals surface area (Å²) < 4.78 is 0. The van der Waals surface area contributed by atoms with E-state index in [1.807, 2.05) is 20.2 Å². The predicted molar refractivity (Wildman–Crippen MR) is 114 cm³/mol. The first-order valence-electron chi connectivity index (χ1n) is 10.3. The van der Waals surface area contributed by atoms with Crippen LogP contribution >= 0.6 is 12.2 Å². The summed E-state index contributed by atoms with van der Waals surface area (Å²) in [6.45, 7) is 2.53. The molecule has 2 saturated carbocycles. The fourth-order valence-corrected chi connectivity index (χ4v) is 6.03. The molecule has 0 unspecified atom stereocenters. The highest BCUT2D eigenvalue weighted by molar-refractivity contribution is 7.80. The van der Waals surface area contributed by atoms with Crippen LogP contribution in [0.4, 0.5) is 0 Å². The van der Waals surface area contributed by atoms with E-state index >= 15 is 0 Å². The standard InChI is InChI=1S/C22H31N3OS/c1-22-9-4-5-19(22)17-7-6-14-12-20(26)15(11-18(14)16(17)8-10-22)13-23-24-21(27)25(2)3/h11-13,16-17,19,26H,4-10H2,1-3H3,(H,24,27)/t16-,17+,19-,22-/m0/s1. The van der Waals surface area contributed by atoms with Gasteiger partial charge in [0.25, 0.3) is 0 Å². The molecule has 2 N–H and O–H groups in total. The molecule has 4 atom stereocenters. The van der Waals surface area contributed by atoms with E-state index < -0.39 is 0 Å². The minimum Gasteiger partial charge on any atom is -0.507 e. The molecule has 0 aliphatic heterocycles. The van der Waals surface area contributed by atoms with E-state index in [4.69, 9.17) is 12.2 Å². The topological polar surface area (TPSA) is 47.9 Å². The summed E-state index contributed by atoms with van der Waals surface area (Å²) in [6, 6.07) is 4.16. The van der Waals surface area contributed by atoms with Crippen molar-refractivity contribution in [3.8, 4) is 5.75 Å². The second kappa shape index (κ2) is 7.08. The molecule has 1 aromatic rings. The average molecular weight is 386 g/mol. The molecule has 2 fully saturated rings. The van der Waals surface area contributed by atoms with Gasteiger partial charge in [0.05, 0.1) is 6.21 Å². The molecular weight excluding hydrogens is 354 g/mol. The number of nitrogens with zero attached hydrogens (tertiary/aromatic N) is 2. The van der Waals surface area contributed by atoms with Crippen molar-refractivity contribution in [2.75, 3.05) is 14.1 Å². The smallest absolute Gasteiger partial charge is 0.189 e. The lowest BCUT2D eigenvalue weighted by Crippen LogP contribution is -2.39. The second-order valence-electron chi connectivity index (χ2n) is 9.18. The molecule has 4 nitrogen and oxygen atoms in total. The summed E-state index contributed by atoms with van der Waals surface area (Å²) in [5.41, 5.74) is 6.99. The van der Waals surface area contributed by atoms with Crippen LogP contribution < -0.4 is 5.43 Å². The molecule has 3 aliphatic carbocycles. The minimum atomic E-state index is 0.315. The summed E-state index contributed by atoms with van der Waals surface area (Å²) >= 11 is 5.19. The fraction of sp³-hybridized carbons (Fsp3) is 0.636. The van der Waals surface area contributed by atoms with Crippen molar-refractivity contribution in [1.29, 1.82) is 0 Å². The van der Waals surface area contributed by atoms with Gasteiger partial charge in [0, 0.05) is 19.7 Å². The van der Waals surface area contributed by atoms with E-state index in [-0.39, 0.29) is 0 Å². The number of fused-ring (bicyclic) bond motifs is 5. The molecule has 0 amide bonds. The van der Waals surface area contributed by atoms with Crippen LogP contribution in [0.5, 0.6) is 5.75 Å². The predicted octanol–water partition coefficient (Wildman–Crippen LogP) is 4.41. The molecule has 0 aromatic heterocycles. The number of nitrogens with one attached hydrogen (secondary N) is 1. The van der Waals surface area contributed by atoms with Crippen LogP contribution in [0, 0.1) is 17.3 Å². The van der Waals surface area contributed by atoms with Crippen LogP contribution in [0.25, 0.3) is 0 Å². The maximum Gasteiger partial charge on any atom is 0.189 e. The molecule has 0 radical (unpaired) electrons. The molecule has 146 valence electrons. The number of aromatic hydroxyl groups is 1. The summed E-state index contributed by atoms with van der Waals surface area (Å²) in [5, 5.41) is 15.2. The van der Waals surface area contributed by atoms with Crippen molar-refractivity contribution >= 4 is 23.5 Å². The maximum atomic E-state index is 10.5. The van der Waals surface area contributed by atoms with Crippen LogP contribution in [0.15, 0.2) is 17.2 Å². The monoisotopic (exact) mass is 385 g/mol. The third-order valence-electron chi connectivity index (χ3n) is 7.42. The quantitative estimate of drug-likeness (QED) is 0.450. The van der Waals surface area contributed by atoms with Gasteiger partial charge in [-0.2, -0.15) is 5.10 Å². The van der Waals surface area contributed by atoms with Gasteiger partial charge >= 0.3 is 0 Å². The first-order chi connectivity index (χ1) is 12.9. The molecule has 0 heterocycles. The van der Waals surface area contributed by atoms with Crippen LogP contribution in [-0.4, -0.2) is 35.4 Å². The zero-order valence-corrected chi connectivity index (χ0v) is 17.5. The van der Waals surface area contributed by atoms with Gasteiger partial charge in [-0.3, -0.25) is 5.43 Å². The van der Waals surface area contributed by atoms with E-state index in [1.165, 1.54) is 49.7 Å². The molecular formula is C22H31N3OS. The van der Waals surface area contributed by atoms with E-state index in [0.29, 0.717) is 22.2 Å². The largest absolute Gasteiger partial charge is 0.507 e. The Kier molecular flexibility index (Phi) is 4.91. The lowest BCUT2D eigenvalue weighted by atomic mass is 9.56. The molecule has 5 heteroatoms. The Morgan fingerprint density at radius 1 is 1.30 bits per heavy atom. The van der Waals surface area contributed by atoms with Gasteiger partial charge in [-0.25, -0.2) is 0 Å². The number of rotatable bonds is 2. The van der Waals surface area contributed by atoms with Crippen LogP contribution in [0.2, 0.25) is 0 Å². The van der Waals surface area contributed by atoms with Gasteiger partial charge in [-0.05, 0) is 97.2 Å². The number of phenolic OH excluding ortho intramolecular Hbond substituents is 1. The molecule has 27 heavy (non-hydrogen) atoms. The zero-order valence-electron chi connectivity index (χ0n) is 16.7. The van der Waals surface area contributed by atoms with Gasteiger partial charge in [-0.1, -0.05) is 13.3 Å². The van der Waals surface area contributed by atoms with Gasteiger partial charge in [0.1, 0.15) is 5.75 Å². The van der Waals surface area contributed by atoms with Gasteiger partial charge < -0.3 is 10.0 Å². The van der Waals surface area contributed by atoms with Crippen molar-refractivity contribution in [2.24, 2.45) is 22.4 Å². The summed E-state index contributed by atoms with van der Waals surface area (Å²) in [6.07, 6.45) is 10.9. The van der Waals surface area contributed by atoms with E-state index in [2.05, 4.69) is 23.5 Å². The van der Waals surface area contributed by atoms with Gasteiger partial charge in [0.2, 0.25) is 0 Å². The minimum absolute atomic E-state index is 0.315. The summed E-state index contributed by atoms with van der Waals surface area (Å²) in [5.74, 6) is 2.66. The average Bonchev–Trinajstić information content (AvgIpc) is 3.03. The Balaban J connectivity index is 1.59. The third-order valence-corrected chi connectivity index (χ3v) is 7.88. The van der Waals surface area contributed by atoms with E-state index in [0.717, 1.165) is 23.8 Å². The Bertz CT molecular complexity index is 775. The molecule has 3 aliphatic rings. The zero-order chi connectivity index (χ0) is 19.2. The first kappa shape index (κ1) is 18.7. The van der Waals surface area contributed by atoms with Crippen molar-refractivity contribution in [1.82, 2.24) is 10.3 Å².